The van der Waals surface area contributed by atoms with Crippen molar-refractivity contribution in [3.63, 3.8) is 0 Å². The molecule has 4 aromatic rings. The molecule has 0 bridgehead atoms. The van der Waals surface area contributed by atoms with E-state index in [1.165, 1.54) is 24.3 Å². The summed E-state index contributed by atoms with van der Waals surface area (Å²) in [5.74, 6) is -2.93. The smallest absolute Gasteiger partial charge is 0.337 e. The number of hydrogen-bond acceptors (Lipinski definition) is 17. The number of rotatable bonds is 7. The molecular formula is C20H24N11O10P. The van der Waals surface area contributed by atoms with Crippen molar-refractivity contribution in [2.24, 2.45) is 5.92 Å². The summed E-state index contributed by atoms with van der Waals surface area (Å²) in [6, 6.07) is 0. The van der Waals surface area contributed by atoms with Crippen LogP contribution in [-0.2, 0) is 23.3 Å². The quantitative estimate of drug-likeness (QED) is 0.100. The van der Waals surface area contributed by atoms with Gasteiger partial charge in [-0.3, -0.25) is 18.9 Å². The van der Waals surface area contributed by atoms with Gasteiger partial charge in [-0.1, -0.05) is 5.21 Å². The molecular weight excluding hydrogens is 585 g/mol. The molecule has 3 aliphatic rings. The van der Waals surface area contributed by atoms with Gasteiger partial charge in [0.25, 0.3) is 5.56 Å². The lowest BCUT2D eigenvalue weighted by molar-refractivity contribution is -0.185. The van der Waals surface area contributed by atoms with Gasteiger partial charge in [0.15, 0.2) is 40.9 Å². The van der Waals surface area contributed by atoms with Crippen LogP contribution in [0.1, 0.15) is 12.5 Å². The van der Waals surface area contributed by atoms with Gasteiger partial charge in [0.05, 0.1) is 18.9 Å². The molecule has 42 heavy (non-hydrogen) atoms. The minimum atomic E-state index is -4.62. The average molecular weight is 609 g/mol. The van der Waals surface area contributed by atoms with Crippen molar-refractivity contribution in [1.82, 2.24) is 44.5 Å². The Labute approximate surface area is 232 Å². The summed E-state index contributed by atoms with van der Waals surface area (Å²) < 4.78 is 38.1. The fourth-order valence-electron chi connectivity index (χ4n) is 5.73. The minimum absolute atomic E-state index is 0.0758. The number of nitrogens with two attached hydrogens (primary N) is 2. The van der Waals surface area contributed by atoms with Gasteiger partial charge in [0.2, 0.25) is 5.95 Å². The summed E-state index contributed by atoms with van der Waals surface area (Å²) in [5.41, 5.74) is 9.69. The van der Waals surface area contributed by atoms with Crippen LogP contribution in [0.15, 0.2) is 17.4 Å². The molecule has 0 amide bonds. The molecule has 2 saturated heterocycles. The standard InChI is InChI=1S/C20H24N11O10P/c1-38-20-6(10(33)18(41-20)31-15-8(28-29-31)16(35)27-19(22)26-15)12(20)42(36,37)39-2-5-9(32)11(34)17(40-5)30-4-25-7-13(21)23-3-24-14(7)30/h3-6,9-12,17-18,32-34H,2H2,1H3,(H,36,37)(H2,21,23,24)(H3,22,26,27,35)/t5-,6?,9+,10+,11+,12-,17-,18-,20-/m1/s1. The van der Waals surface area contributed by atoms with E-state index < -0.39 is 74.0 Å². The molecule has 21 nitrogen and oxygen atoms in total. The Morgan fingerprint density at radius 1 is 1.12 bits per heavy atom. The van der Waals surface area contributed by atoms with Crippen molar-refractivity contribution in [2.75, 3.05) is 25.2 Å². The van der Waals surface area contributed by atoms with Gasteiger partial charge in [-0.15, -0.1) is 5.10 Å². The number of anilines is 2. The normalized spacial score (nSPS) is 35.5. The van der Waals surface area contributed by atoms with Crippen LogP contribution in [0.2, 0.25) is 0 Å². The molecule has 0 radical (unpaired) electrons. The van der Waals surface area contributed by atoms with Crippen molar-refractivity contribution < 1.29 is 43.5 Å². The van der Waals surface area contributed by atoms with E-state index in [4.69, 9.17) is 30.2 Å². The Morgan fingerprint density at radius 3 is 2.64 bits per heavy atom. The summed E-state index contributed by atoms with van der Waals surface area (Å²) in [7, 11) is -3.40. The molecule has 0 aromatic carbocycles. The summed E-state index contributed by atoms with van der Waals surface area (Å²) in [6.45, 7) is -0.617. The largest absolute Gasteiger partial charge is 0.388 e. The van der Waals surface area contributed by atoms with Crippen LogP contribution >= 0.6 is 7.60 Å². The van der Waals surface area contributed by atoms with Gasteiger partial charge in [0, 0.05) is 7.11 Å². The molecule has 10 atom stereocenters. The van der Waals surface area contributed by atoms with Crippen LogP contribution in [0.3, 0.4) is 0 Å². The molecule has 0 spiro atoms. The lowest BCUT2D eigenvalue weighted by atomic mass is 10.1. The van der Waals surface area contributed by atoms with Crippen LogP contribution in [0.4, 0.5) is 11.8 Å². The third-order valence-corrected chi connectivity index (χ3v) is 9.66. The van der Waals surface area contributed by atoms with E-state index in [9.17, 15) is 29.6 Å². The lowest BCUT2D eigenvalue weighted by Gasteiger charge is -2.25. The predicted octanol–water partition coefficient (Wildman–Crippen LogP) is -3.43. The van der Waals surface area contributed by atoms with Crippen LogP contribution in [0, 0.1) is 5.92 Å². The Morgan fingerprint density at radius 2 is 1.90 bits per heavy atom. The lowest BCUT2D eigenvalue weighted by Crippen LogP contribution is -2.34. The van der Waals surface area contributed by atoms with E-state index in [1.807, 2.05) is 0 Å². The average Bonchev–Trinajstić information content (AvgIpc) is 3.32. The van der Waals surface area contributed by atoms with Gasteiger partial charge in [-0.2, -0.15) is 9.67 Å². The van der Waals surface area contributed by atoms with Gasteiger partial charge < -0.3 is 50.4 Å². The topological polar surface area (TPSA) is 307 Å². The maximum atomic E-state index is 13.4. The predicted molar refractivity (Wildman–Crippen MR) is 135 cm³/mol. The number of aromatic amines is 1. The van der Waals surface area contributed by atoms with Crippen LogP contribution in [0.5, 0.6) is 0 Å². The fraction of sp³-hybridized carbons (Fsp3) is 0.550. The highest BCUT2D eigenvalue weighted by Gasteiger charge is 2.83. The summed E-state index contributed by atoms with van der Waals surface area (Å²) in [5, 5.41) is 39.9. The number of aliphatic hydroxyl groups excluding tert-OH is 3. The molecule has 224 valence electrons. The third kappa shape index (κ3) is 3.73. The zero-order chi connectivity index (χ0) is 29.7. The number of nitrogens with zero attached hydrogens (tertiary/aromatic N) is 8. The molecule has 6 heterocycles. The van der Waals surface area contributed by atoms with Crippen molar-refractivity contribution >= 4 is 41.7 Å². The third-order valence-electron chi connectivity index (χ3n) is 7.76. The number of aromatic nitrogens is 9. The molecule has 4 aromatic heterocycles. The minimum Gasteiger partial charge on any atom is -0.388 e. The summed E-state index contributed by atoms with van der Waals surface area (Å²) in [6.07, 6.45) is -5.66. The highest BCUT2D eigenvalue weighted by Crippen LogP contribution is 2.74. The number of nitrogens with one attached hydrogen (secondary N) is 1. The molecule has 1 aliphatic carbocycles. The summed E-state index contributed by atoms with van der Waals surface area (Å²) in [4.78, 5) is 41.3. The van der Waals surface area contributed by atoms with Crippen LogP contribution < -0.4 is 17.0 Å². The second kappa shape index (κ2) is 9.17. The number of methoxy groups -OCH3 is 1. The number of imidazole rings is 1. The molecule has 1 saturated carbocycles. The maximum Gasteiger partial charge on any atom is 0.337 e. The zero-order valence-electron chi connectivity index (χ0n) is 21.4. The Bertz CT molecular complexity index is 1810. The molecule has 22 heteroatoms. The highest BCUT2D eigenvalue weighted by atomic mass is 31.2. The van der Waals surface area contributed by atoms with E-state index in [0.717, 1.165) is 4.68 Å². The second-order valence-corrected chi connectivity index (χ2v) is 12.0. The molecule has 3 fully saturated rings. The van der Waals surface area contributed by atoms with Gasteiger partial charge >= 0.3 is 7.60 Å². The number of aliphatic hydroxyl groups is 3. The van der Waals surface area contributed by atoms with Gasteiger partial charge in [-0.05, 0) is 0 Å². The van der Waals surface area contributed by atoms with E-state index in [2.05, 4.69) is 35.2 Å². The zero-order valence-corrected chi connectivity index (χ0v) is 22.3. The molecule has 2 unspecified atom stereocenters. The Balaban J connectivity index is 1.07. The number of hydrogen-bond donors (Lipinski definition) is 7. The second-order valence-electron chi connectivity index (χ2n) is 10.0. The Hall–Kier alpha value is -3.66. The van der Waals surface area contributed by atoms with E-state index >= 15 is 0 Å². The van der Waals surface area contributed by atoms with Crippen molar-refractivity contribution in [3.8, 4) is 0 Å². The van der Waals surface area contributed by atoms with E-state index in [1.54, 1.807) is 0 Å². The first-order valence-electron chi connectivity index (χ1n) is 12.4. The SMILES string of the molecule is CO[C@@]12O[C@@H](n3nnc4c(=O)[nH]c(N)nc43)[C@@H](O)C1[C@H]2P(=O)(O)OC[C@H]1O[C@@H](n2cnc3c(N)ncnc32)[C@@H](O)[C@H]1O. The first-order chi connectivity index (χ1) is 20.0. The molecule has 9 N–H and O–H groups in total. The first kappa shape index (κ1) is 27.2. The number of ether oxygens (including phenoxy) is 3. The van der Waals surface area contributed by atoms with E-state index in [0.29, 0.717) is 0 Å². The van der Waals surface area contributed by atoms with E-state index in [-0.39, 0.29) is 34.1 Å². The number of H-pyrrole nitrogens is 1. The molecule has 7 rings (SSSR count). The number of fused-ring (bicyclic) bond motifs is 3. The van der Waals surface area contributed by atoms with Crippen molar-refractivity contribution in [2.45, 2.75) is 48.3 Å². The molecule has 2 aliphatic heterocycles. The Kier molecular flexibility index (Phi) is 5.94. The first-order valence-corrected chi connectivity index (χ1v) is 14.1. The van der Waals surface area contributed by atoms with Crippen LogP contribution in [0.25, 0.3) is 22.3 Å². The van der Waals surface area contributed by atoms with Crippen LogP contribution in [-0.4, -0.2) is 114 Å². The monoisotopic (exact) mass is 609 g/mol. The fourth-order valence-corrected chi connectivity index (χ4v) is 7.75. The summed E-state index contributed by atoms with van der Waals surface area (Å²) >= 11 is 0. The van der Waals surface area contributed by atoms with Gasteiger partial charge in [0.1, 0.15) is 41.9 Å². The van der Waals surface area contributed by atoms with Crippen molar-refractivity contribution in [3.05, 3.63) is 23.0 Å². The van der Waals surface area contributed by atoms with Crippen molar-refractivity contribution in [1.29, 1.82) is 0 Å². The highest BCUT2D eigenvalue weighted by molar-refractivity contribution is 7.54. The van der Waals surface area contributed by atoms with Gasteiger partial charge in [-0.25, -0.2) is 15.0 Å². The maximum absolute atomic E-state index is 13.4. The number of nitrogen functional groups attached to an aromatic ring is 2.